The topological polar surface area (TPSA) is 90.3 Å². The monoisotopic (exact) mass is 439 g/mol. The van der Waals surface area contributed by atoms with E-state index >= 15 is 0 Å². The minimum absolute atomic E-state index is 0.208. The number of hydrogen-bond acceptors (Lipinski definition) is 5. The molecule has 1 amide bonds. The van der Waals surface area contributed by atoms with Crippen molar-refractivity contribution in [1.29, 1.82) is 0 Å². The molecule has 0 saturated carbocycles. The van der Waals surface area contributed by atoms with Gasteiger partial charge >= 0.3 is 5.97 Å². The molecule has 0 saturated heterocycles. The van der Waals surface area contributed by atoms with Crippen LogP contribution in [-0.2, 0) is 17.9 Å². The molecule has 1 heterocycles. The van der Waals surface area contributed by atoms with Crippen LogP contribution in [0.15, 0.2) is 102 Å². The third-order valence-electron chi connectivity index (χ3n) is 4.84. The maximum absolute atomic E-state index is 12.5. The van der Waals surface area contributed by atoms with Crippen molar-refractivity contribution in [2.45, 2.75) is 13.1 Å². The molecular formula is C26H21N3O4. The van der Waals surface area contributed by atoms with E-state index in [0.29, 0.717) is 17.8 Å². The predicted octanol–water partition coefficient (Wildman–Crippen LogP) is 3.45. The van der Waals surface area contributed by atoms with Crippen LogP contribution in [0.4, 0.5) is 0 Å². The van der Waals surface area contributed by atoms with Gasteiger partial charge in [0.15, 0.2) is 0 Å². The Morgan fingerprint density at radius 3 is 2.33 bits per heavy atom. The van der Waals surface area contributed by atoms with Gasteiger partial charge < -0.3 is 10.1 Å². The molecule has 7 heteroatoms. The number of amides is 1. The summed E-state index contributed by atoms with van der Waals surface area (Å²) < 4.78 is 6.41. The van der Waals surface area contributed by atoms with E-state index in [1.165, 1.54) is 12.1 Å². The van der Waals surface area contributed by atoms with E-state index in [4.69, 9.17) is 4.74 Å². The molecule has 4 rings (SSSR count). The minimum Gasteiger partial charge on any atom is -0.425 e. The van der Waals surface area contributed by atoms with E-state index in [-0.39, 0.29) is 18.2 Å². The number of esters is 1. The van der Waals surface area contributed by atoms with Crippen LogP contribution in [0.3, 0.4) is 0 Å². The third kappa shape index (κ3) is 5.80. The van der Waals surface area contributed by atoms with E-state index in [9.17, 15) is 14.4 Å². The first-order valence-electron chi connectivity index (χ1n) is 10.3. The van der Waals surface area contributed by atoms with Gasteiger partial charge in [0.2, 0.25) is 0 Å². The summed E-state index contributed by atoms with van der Waals surface area (Å²) >= 11 is 0. The van der Waals surface area contributed by atoms with Crippen molar-refractivity contribution in [3.63, 3.8) is 0 Å². The zero-order valence-electron chi connectivity index (χ0n) is 17.7. The lowest BCUT2D eigenvalue weighted by Crippen LogP contribution is -2.28. The summed E-state index contributed by atoms with van der Waals surface area (Å²) in [5, 5.41) is 7.09. The van der Waals surface area contributed by atoms with Crippen molar-refractivity contribution >= 4 is 11.9 Å². The van der Waals surface area contributed by atoms with Gasteiger partial charge in [-0.2, -0.15) is 5.10 Å². The zero-order chi connectivity index (χ0) is 23.0. The smallest absolute Gasteiger partial charge is 0.333 e. The molecule has 33 heavy (non-hydrogen) atoms. The van der Waals surface area contributed by atoms with Crippen LogP contribution >= 0.6 is 0 Å². The van der Waals surface area contributed by atoms with E-state index in [0.717, 1.165) is 15.8 Å². The Balaban J connectivity index is 1.41. The highest BCUT2D eigenvalue weighted by Gasteiger charge is 2.12. The highest BCUT2D eigenvalue weighted by atomic mass is 16.5. The number of nitrogens with one attached hydrogen (secondary N) is 1. The van der Waals surface area contributed by atoms with Crippen molar-refractivity contribution < 1.29 is 14.3 Å². The van der Waals surface area contributed by atoms with Gasteiger partial charge in [0.05, 0.1) is 5.69 Å². The lowest BCUT2D eigenvalue weighted by molar-refractivity contribution is -0.135. The fourth-order valence-corrected chi connectivity index (χ4v) is 3.19. The van der Waals surface area contributed by atoms with Gasteiger partial charge in [0.1, 0.15) is 12.3 Å². The second-order valence-electron chi connectivity index (χ2n) is 7.25. The molecule has 0 spiro atoms. The van der Waals surface area contributed by atoms with Crippen molar-refractivity contribution in [2.24, 2.45) is 0 Å². The summed E-state index contributed by atoms with van der Waals surface area (Å²) in [6, 6.07) is 28.2. The largest absolute Gasteiger partial charge is 0.425 e. The molecule has 0 aliphatic carbocycles. The number of carbonyl (C=O) groups is 2. The SMILES string of the molecule is O=C(Cn1nc(-c2ccccc2)ccc1=O)Oc1cccc(C(=O)NCc2ccccc2)c1. The first kappa shape index (κ1) is 21.7. The third-order valence-corrected chi connectivity index (χ3v) is 4.84. The van der Waals surface area contributed by atoms with Gasteiger partial charge in [0.25, 0.3) is 11.5 Å². The van der Waals surface area contributed by atoms with Crippen LogP contribution < -0.4 is 15.6 Å². The Morgan fingerprint density at radius 2 is 1.58 bits per heavy atom. The van der Waals surface area contributed by atoms with Crippen molar-refractivity contribution in [1.82, 2.24) is 15.1 Å². The quantitative estimate of drug-likeness (QED) is 0.352. The second kappa shape index (κ2) is 10.2. The van der Waals surface area contributed by atoms with E-state index in [1.807, 2.05) is 60.7 Å². The highest BCUT2D eigenvalue weighted by molar-refractivity contribution is 5.94. The summed E-state index contributed by atoms with van der Waals surface area (Å²) in [5.74, 6) is -0.749. The maximum Gasteiger partial charge on any atom is 0.333 e. The van der Waals surface area contributed by atoms with E-state index in [2.05, 4.69) is 10.4 Å². The summed E-state index contributed by atoms with van der Waals surface area (Å²) in [6.45, 7) is 0.0277. The summed E-state index contributed by atoms with van der Waals surface area (Å²) in [5.41, 5.74) is 2.32. The fourth-order valence-electron chi connectivity index (χ4n) is 3.19. The number of hydrogen-bond donors (Lipinski definition) is 1. The molecule has 164 valence electrons. The number of ether oxygens (including phenoxy) is 1. The van der Waals surface area contributed by atoms with Crippen LogP contribution in [0, 0.1) is 0 Å². The van der Waals surface area contributed by atoms with Gasteiger partial charge in [-0.1, -0.05) is 66.7 Å². The summed E-state index contributed by atoms with van der Waals surface area (Å²) in [4.78, 5) is 37.1. The molecule has 4 aromatic rings. The van der Waals surface area contributed by atoms with Crippen molar-refractivity contribution in [3.8, 4) is 17.0 Å². The van der Waals surface area contributed by atoms with Crippen LogP contribution in [0.2, 0.25) is 0 Å². The second-order valence-corrected chi connectivity index (χ2v) is 7.25. The molecule has 3 aromatic carbocycles. The molecule has 0 fully saturated rings. The van der Waals surface area contributed by atoms with E-state index < -0.39 is 11.5 Å². The van der Waals surface area contributed by atoms with Gasteiger partial charge in [-0.3, -0.25) is 9.59 Å². The Morgan fingerprint density at radius 1 is 0.848 bits per heavy atom. The summed E-state index contributed by atoms with van der Waals surface area (Å²) in [6.07, 6.45) is 0. The maximum atomic E-state index is 12.5. The molecule has 0 bridgehead atoms. The Bertz CT molecular complexity index is 1320. The number of nitrogens with zero attached hydrogens (tertiary/aromatic N) is 2. The molecule has 1 N–H and O–H groups in total. The average Bonchev–Trinajstić information content (AvgIpc) is 2.85. The van der Waals surface area contributed by atoms with Crippen molar-refractivity contribution in [3.05, 3.63) is 119 Å². The normalized spacial score (nSPS) is 10.4. The fraction of sp³-hybridized carbons (Fsp3) is 0.0769. The molecule has 0 atom stereocenters. The van der Waals surface area contributed by atoms with Crippen molar-refractivity contribution in [2.75, 3.05) is 0 Å². The van der Waals surface area contributed by atoms with Gasteiger partial charge in [0, 0.05) is 23.7 Å². The predicted molar refractivity (Wildman–Crippen MR) is 124 cm³/mol. The minimum atomic E-state index is -0.670. The number of aromatic nitrogens is 2. The molecule has 0 radical (unpaired) electrons. The first-order valence-corrected chi connectivity index (χ1v) is 10.3. The molecule has 7 nitrogen and oxygen atoms in total. The first-order chi connectivity index (χ1) is 16.1. The Labute approximate surface area is 190 Å². The number of rotatable bonds is 7. The molecular weight excluding hydrogens is 418 g/mol. The highest BCUT2D eigenvalue weighted by Crippen LogP contribution is 2.15. The van der Waals surface area contributed by atoms with Crippen LogP contribution in [-0.4, -0.2) is 21.7 Å². The molecule has 1 aromatic heterocycles. The average molecular weight is 439 g/mol. The number of carbonyl (C=O) groups excluding carboxylic acids is 2. The van der Waals surface area contributed by atoms with Gasteiger partial charge in [-0.05, 0) is 29.8 Å². The van der Waals surface area contributed by atoms with Gasteiger partial charge in [-0.25, -0.2) is 9.48 Å². The lowest BCUT2D eigenvalue weighted by atomic mass is 10.1. The van der Waals surface area contributed by atoms with E-state index in [1.54, 1.807) is 24.3 Å². The number of benzene rings is 3. The Kier molecular flexibility index (Phi) is 6.70. The van der Waals surface area contributed by atoms with Crippen LogP contribution in [0.5, 0.6) is 5.75 Å². The Hall–Kier alpha value is -4.52. The van der Waals surface area contributed by atoms with Crippen LogP contribution in [0.25, 0.3) is 11.3 Å². The molecule has 0 unspecified atom stereocenters. The molecule has 0 aliphatic rings. The zero-order valence-corrected chi connectivity index (χ0v) is 17.7. The standard InChI is InChI=1S/C26H21N3O4/c30-24-15-14-23(20-10-5-2-6-11-20)28-29(24)18-25(31)33-22-13-7-12-21(16-22)26(32)27-17-19-8-3-1-4-9-19/h1-16H,17-18H2,(H,27,32). The molecule has 0 aliphatic heterocycles. The lowest BCUT2D eigenvalue weighted by Gasteiger charge is -2.09. The van der Waals surface area contributed by atoms with Crippen LogP contribution in [0.1, 0.15) is 15.9 Å². The summed E-state index contributed by atoms with van der Waals surface area (Å²) in [7, 11) is 0. The van der Waals surface area contributed by atoms with Gasteiger partial charge in [-0.15, -0.1) is 0 Å².